The Hall–Kier alpha value is -1.39. The Bertz CT molecular complexity index is 463. The Balaban J connectivity index is 2.33. The zero-order valence-electron chi connectivity index (χ0n) is 9.80. The van der Waals surface area contributed by atoms with Gasteiger partial charge < -0.3 is 5.11 Å². The molecular weight excluding hydrogens is 254 g/mol. The molecule has 1 aromatic rings. The summed E-state index contributed by atoms with van der Waals surface area (Å²) in [4.78, 5) is 24.8. The van der Waals surface area contributed by atoms with E-state index in [0.717, 1.165) is 4.90 Å². The van der Waals surface area contributed by atoms with Gasteiger partial charge in [0.2, 0.25) is 5.91 Å². The molecule has 18 heavy (non-hydrogen) atoms. The van der Waals surface area contributed by atoms with Gasteiger partial charge in [-0.1, -0.05) is 30.3 Å². The van der Waals surface area contributed by atoms with Gasteiger partial charge in [-0.2, -0.15) is 0 Å². The minimum Gasteiger partial charge on any atom is -0.375 e. The number of alkyl halides is 1. The number of rotatable bonds is 2. The van der Waals surface area contributed by atoms with E-state index in [1.165, 1.54) is 0 Å². The molecular formula is C13H14ClNO3. The predicted octanol–water partition coefficient (Wildman–Crippen LogP) is 1.26. The number of likely N-dealkylation sites (tertiary alicyclic amines) is 1. The Morgan fingerprint density at radius 3 is 2.67 bits per heavy atom. The molecule has 5 heteroatoms. The van der Waals surface area contributed by atoms with Gasteiger partial charge in [-0.15, -0.1) is 11.6 Å². The second-order valence-corrected chi connectivity index (χ2v) is 4.58. The average Bonchev–Trinajstić information content (AvgIpc) is 2.42. The molecule has 1 N–H and O–H groups in total. The molecule has 4 nitrogen and oxygen atoms in total. The van der Waals surface area contributed by atoms with Crippen LogP contribution in [0.1, 0.15) is 18.4 Å². The van der Waals surface area contributed by atoms with Crippen LogP contribution in [0.4, 0.5) is 0 Å². The molecule has 1 unspecified atom stereocenters. The van der Waals surface area contributed by atoms with Crippen molar-refractivity contribution in [2.75, 3.05) is 12.4 Å². The number of carbonyl (C=O) groups excluding carboxylic acids is 2. The van der Waals surface area contributed by atoms with Gasteiger partial charge in [0.15, 0.2) is 5.60 Å². The molecule has 2 amide bonds. The highest BCUT2D eigenvalue weighted by molar-refractivity contribution is 6.28. The topological polar surface area (TPSA) is 57.6 Å². The number of piperidine rings is 1. The van der Waals surface area contributed by atoms with Crippen molar-refractivity contribution >= 4 is 23.4 Å². The molecule has 0 aliphatic carbocycles. The summed E-state index contributed by atoms with van der Waals surface area (Å²) in [7, 11) is 0. The van der Waals surface area contributed by atoms with Crippen LogP contribution in [0, 0.1) is 0 Å². The number of amides is 2. The van der Waals surface area contributed by atoms with Crippen LogP contribution < -0.4 is 0 Å². The maximum atomic E-state index is 12.2. The van der Waals surface area contributed by atoms with Crippen molar-refractivity contribution in [3.05, 3.63) is 35.9 Å². The van der Waals surface area contributed by atoms with Gasteiger partial charge in [0.1, 0.15) is 5.88 Å². The number of benzene rings is 1. The number of carbonyl (C=O) groups is 2. The van der Waals surface area contributed by atoms with E-state index in [1.54, 1.807) is 24.3 Å². The molecule has 0 saturated carbocycles. The van der Waals surface area contributed by atoms with Crippen LogP contribution in [0.15, 0.2) is 30.3 Å². The van der Waals surface area contributed by atoms with Crippen molar-refractivity contribution in [1.29, 1.82) is 0 Å². The molecule has 1 fully saturated rings. The summed E-state index contributed by atoms with van der Waals surface area (Å²) in [6.45, 7) is 0.319. The van der Waals surface area contributed by atoms with Gasteiger partial charge in [-0.3, -0.25) is 14.5 Å². The first kappa shape index (κ1) is 13.1. The molecule has 1 aromatic carbocycles. The lowest BCUT2D eigenvalue weighted by Gasteiger charge is -2.37. The summed E-state index contributed by atoms with van der Waals surface area (Å²) in [5.74, 6) is -1.29. The monoisotopic (exact) mass is 267 g/mol. The van der Waals surface area contributed by atoms with Crippen LogP contribution in [0.25, 0.3) is 0 Å². The predicted molar refractivity (Wildman–Crippen MR) is 67.0 cm³/mol. The fraction of sp³-hybridized carbons (Fsp3) is 0.385. The fourth-order valence-electron chi connectivity index (χ4n) is 2.22. The largest absolute Gasteiger partial charge is 0.375 e. The quantitative estimate of drug-likeness (QED) is 0.821. The SMILES string of the molecule is O=C(CCl)N1CCCC(O)(c2ccccc2)C1=O. The van der Waals surface area contributed by atoms with Crippen molar-refractivity contribution < 1.29 is 14.7 Å². The summed E-state index contributed by atoms with van der Waals surface area (Å²) in [6.07, 6.45) is 0.891. The molecule has 2 rings (SSSR count). The molecule has 1 aliphatic rings. The number of hydrogen-bond acceptors (Lipinski definition) is 3. The van der Waals surface area contributed by atoms with E-state index in [0.29, 0.717) is 24.9 Å². The number of halogens is 1. The second-order valence-electron chi connectivity index (χ2n) is 4.31. The van der Waals surface area contributed by atoms with E-state index in [9.17, 15) is 14.7 Å². The van der Waals surface area contributed by atoms with Crippen LogP contribution in [-0.2, 0) is 15.2 Å². The first-order valence-corrected chi connectivity index (χ1v) is 6.31. The standard InChI is InChI=1S/C13H14ClNO3/c14-9-11(16)15-8-4-7-13(18,12(15)17)10-5-2-1-3-6-10/h1-3,5-6,18H,4,7-9H2. The third-order valence-electron chi connectivity index (χ3n) is 3.19. The molecule has 1 aliphatic heterocycles. The zero-order valence-corrected chi connectivity index (χ0v) is 10.6. The normalized spacial score (nSPS) is 24.1. The first-order chi connectivity index (χ1) is 8.59. The van der Waals surface area contributed by atoms with Crippen molar-refractivity contribution in [2.45, 2.75) is 18.4 Å². The molecule has 96 valence electrons. The Kier molecular flexibility index (Phi) is 3.68. The van der Waals surface area contributed by atoms with E-state index < -0.39 is 17.4 Å². The summed E-state index contributed by atoms with van der Waals surface area (Å²) in [5.41, 5.74) is -1.09. The Morgan fingerprint density at radius 1 is 1.39 bits per heavy atom. The Labute approximate surface area is 110 Å². The lowest BCUT2D eigenvalue weighted by molar-refractivity contribution is -0.164. The highest BCUT2D eigenvalue weighted by Crippen LogP contribution is 2.32. The molecule has 0 aromatic heterocycles. The molecule has 1 heterocycles. The number of aliphatic hydroxyl groups is 1. The molecule has 0 spiro atoms. The van der Waals surface area contributed by atoms with Crippen LogP contribution in [0.2, 0.25) is 0 Å². The Morgan fingerprint density at radius 2 is 2.06 bits per heavy atom. The average molecular weight is 268 g/mol. The van der Waals surface area contributed by atoms with E-state index in [-0.39, 0.29) is 5.88 Å². The van der Waals surface area contributed by atoms with Gasteiger partial charge in [0, 0.05) is 6.54 Å². The van der Waals surface area contributed by atoms with E-state index in [4.69, 9.17) is 11.6 Å². The third kappa shape index (κ3) is 2.13. The van der Waals surface area contributed by atoms with Gasteiger partial charge in [-0.25, -0.2) is 0 Å². The van der Waals surface area contributed by atoms with Crippen molar-refractivity contribution in [3.8, 4) is 0 Å². The minimum absolute atomic E-state index is 0.253. The first-order valence-electron chi connectivity index (χ1n) is 5.78. The maximum absolute atomic E-state index is 12.2. The molecule has 0 radical (unpaired) electrons. The minimum atomic E-state index is -1.61. The number of hydrogen-bond donors (Lipinski definition) is 1. The summed E-state index contributed by atoms with van der Waals surface area (Å²) < 4.78 is 0. The highest BCUT2D eigenvalue weighted by atomic mass is 35.5. The lowest BCUT2D eigenvalue weighted by Crippen LogP contribution is -2.54. The number of nitrogens with zero attached hydrogens (tertiary/aromatic N) is 1. The number of imide groups is 1. The molecule has 1 atom stereocenters. The highest BCUT2D eigenvalue weighted by Gasteiger charge is 2.45. The van der Waals surface area contributed by atoms with E-state index >= 15 is 0 Å². The van der Waals surface area contributed by atoms with E-state index in [1.807, 2.05) is 6.07 Å². The van der Waals surface area contributed by atoms with Crippen LogP contribution in [-0.4, -0.2) is 34.2 Å². The van der Waals surface area contributed by atoms with E-state index in [2.05, 4.69) is 0 Å². The smallest absolute Gasteiger partial charge is 0.265 e. The van der Waals surface area contributed by atoms with Crippen molar-refractivity contribution in [3.63, 3.8) is 0 Å². The van der Waals surface area contributed by atoms with Gasteiger partial charge in [0.05, 0.1) is 0 Å². The second kappa shape index (κ2) is 5.08. The summed E-state index contributed by atoms with van der Waals surface area (Å²) in [6, 6.07) is 8.69. The fourth-order valence-corrected chi connectivity index (χ4v) is 2.36. The van der Waals surface area contributed by atoms with Gasteiger partial charge in [-0.05, 0) is 18.4 Å². The van der Waals surface area contributed by atoms with Crippen molar-refractivity contribution in [1.82, 2.24) is 4.90 Å². The summed E-state index contributed by atoms with van der Waals surface area (Å²) >= 11 is 5.46. The van der Waals surface area contributed by atoms with Gasteiger partial charge in [0.25, 0.3) is 5.91 Å². The van der Waals surface area contributed by atoms with Gasteiger partial charge >= 0.3 is 0 Å². The van der Waals surface area contributed by atoms with Crippen LogP contribution >= 0.6 is 11.6 Å². The van der Waals surface area contributed by atoms with Crippen molar-refractivity contribution in [2.24, 2.45) is 0 Å². The lowest BCUT2D eigenvalue weighted by atomic mass is 9.85. The summed E-state index contributed by atoms with van der Waals surface area (Å²) in [5, 5.41) is 10.5. The van der Waals surface area contributed by atoms with Crippen LogP contribution in [0.3, 0.4) is 0 Å². The molecule has 0 bridgehead atoms. The molecule has 1 saturated heterocycles. The van der Waals surface area contributed by atoms with Crippen LogP contribution in [0.5, 0.6) is 0 Å². The zero-order chi connectivity index (χ0) is 13.2. The maximum Gasteiger partial charge on any atom is 0.265 e. The third-order valence-corrected chi connectivity index (χ3v) is 3.41.